The Morgan fingerprint density at radius 1 is 1.10 bits per heavy atom. The highest BCUT2D eigenvalue weighted by atomic mass is 15.2. The molecule has 20 heavy (non-hydrogen) atoms. The molecule has 0 spiro atoms. The molecule has 3 heteroatoms. The van der Waals surface area contributed by atoms with E-state index in [1.54, 1.807) is 0 Å². The second-order valence-electron chi connectivity index (χ2n) is 7.43. The average molecular weight is 271 g/mol. The van der Waals surface area contributed by atoms with E-state index in [1.165, 1.54) is 32.1 Å². The van der Waals surface area contributed by atoms with Crippen LogP contribution in [0.4, 0.5) is 11.5 Å². The number of rotatable bonds is 2. The number of hydrogen-bond donors (Lipinski definition) is 1. The Bertz CT molecular complexity index is 497. The monoisotopic (exact) mass is 271 g/mol. The maximum atomic E-state index is 5.90. The van der Waals surface area contributed by atoms with Gasteiger partial charge in [-0.1, -0.05) is 0 Å². The Balaban J connectivity index is 1.62. The first kappa shape index (κ1) is 12.5. The Labute approximate surface area is 121 Å². The second-order valence-corrected chi connectivity index (χ2v) is 7.43. The molecule has 4 fully saturated rings. The van der Waals surface area contributed by atoms with Crippen LogP contribution in [0.15, 0.2) is 12.3 Å². The average Bonchev–Trinajstić information content (AvgIpc) is 2.40. The molecule has 2 N–H and O–H groups in total. The van der Waals surface area contributed by atoms with E-state index in [2.05, 4.69) is 29.9 Å². The normalized spacial score (nSPS) is 38.2. The van der Waals surface area contributed by atoms with Crippen molar-refractivity contribution in [1.29, 1.82) is 0 Å². The van der Waals surface area contributed by atoms with Crippen LogP contribution in [0.3, 0.4) is 0 Å². The van der Waals surface area contributed by atoms with Gasteiger partial charge in [0.1, 0.15) is 5.82 Å². The fourth-order valence-electron chi connectivity index (χ4n) is 5.43. The maximum Gasteiger partial charge on any atom is 0.128 e. The van der Waals surface area contributed by atoms with E-state index in [-0.39, 0.29) is 0 Å². The molecular weight excluding hydrogens is 246 g/mol. The van der Waals surface area contributed by atoms with Crippen LogP contribution in [0.1, 0.15) is 37.7 Å². The van der Waals surface area contributed by atoms with Crippen LogP contribution in [-0.4, -0.2) is 18.1 Å². The van der Waals surface area contributed by atoms with Crippen LogP contribution in [0.25, 0.3) is 0 Å². The van der Waals surface area contributed by atoms with E-state index in [0.29, 0.717) is 6.04 Å². The van der Waals surface area contributed by atoms with Gasteiger partial charge in [0.2, 0.25) is 0 Å². The van der Waals surface area contributed by atoms with Crippen molar-refractivity contribution in [2.45, 2.75) is 45.1 Å². The van der Waals surface area contributed by atoms with Crippen molar-refractivity contribution in [3.63, 3.8) is 0 Å². The molecule has 0 saturated heterocycles. The zero-order chi connectivity index (χ0) is 13.9. The molecule has 1 aromatic rings. The minimum atomic E-state index is 0.707. The van der Waals surface area contributed by atoms with Crippen molar-refractivity contribution in [3.8, 4) is 0 Å². The number of hydrogen-bond acceptors (Lipinski definition) is 3. The van der Waals surface area contributed by atoms with Gasteiger partial charge in [0.05, 0.1) is 11.9 Å². The zero-order valence-corrected chi connectivity index (χ0v) is 12.5. The predicted molar refractivity (Wildman–Crippen MR) is 82.6 cm³/mol. The molecule has 3 nitrogen and oxygen atoms in total. The summed E-state index contributed by atoms with van der Waals surface area (Å²) in [7, 11) is 2.24. The van der Waals surface area contributed by atoms with Crippen LogP contribution >= 0.6 is 0 Å². The van der Waals surface area contributed by atoms with Gasteiger partial charge in [0, 0.05) is 13.1 Å². The van der Waals surface area contributed by atoms with E-state index >= 15 is 0 Å². The first-order valence-electron chi connectivity index (χ1n) is 8.06. The molecule has 108 valence electrons. The number of nitrogen functional groups attached to an aromatic ring is 1. The van der Waals surface area contributed by atoms with E-state index in [9.17, 15) is 0 Å². The number of aryl methyl sites for hydroxylation is 1. The molecule has 4 aliphatic carbocycles. The molecule has 1 aromatic heterocycles. The summed E-state index contributed by atoms with van der Waals surface area (Å²) in [4.78, 5) is 7.03. The number of pyridine rings is 1. The summed E-state index contributed by atoms with van der Waals surface area (Å²) < 4.78 is 0. The summed E-state index contributed by atoms with van der Waals surface area (Å²) in [5.74, 6) is 4.97. The Morgan fingerprint density at radius 2 is 1.70 bits per heavy atom. The Kier molecular flexibility index (Phi) is 2.73. The lowest BCUT2D eigenvalue weighted by atomic mass is 9.54. The standard InChI is InChI=1S/C17H25N3/c1-10-3-16(19-9-15(10)18)20(2)17-13-5-11-4-12(7-13)8-14(17)6-11/h3,9,11-14,17H,4-8,18H2,1-2H3. The van der Waals surface area contributed by atoms with Gasteiger partial charge >= 0.3 is 0 Å². The summed E-state index contributed by atoms with van der Waals surface area (Å²) in [6, 6.07) is 2.86. The van der Waals surface area contributed by atoms with Crippen LogP contribution in [0, 0.1) is 30.6 Å². The third kappa shape index (κ3) is 1.82. The van der Waals surface area contributed by atoms with Gasteiger partial charge in [0.15, 0.2) is 0 Å². The lowest BCUT2D eigenvalue weighted by Gasteiger charge is -2.56. The molecule has 0 unspecified atom stereocenters. The minimum Gasteiger partial charge on any atom is -0.397 e. The molecule has 1 heterocycles. The van der Waals surface area contributed by atoms with Gasteiger partial charge in [-0.05, 0) is 74.3 Å². The van der Waals surface area contributed by atoms with Crippen molar-refractivity contribution < 1.29 is 0 Å². The topological polar surface area (TPSA) is 42.2 Å². The Morgan fingerprint density at radius 3 is 2.25 bits per heavy atom. The van der Waals surface area contributed by atoms with Crippen molar-refractivity contribution in [2.24, 2.45) is 23.7 Å². The van der Waals surface area contributed by atoms with E-state index in [0.717, 1.165) is 40.7 Å². The van der Waals surface area contributed by atoms with Crippen LogP contribution in [0.2, 0.25) is 0 Å². The molecule has 0 aliphatic heterocycles. The maximum absolute atomic E-state index is 5.90. The molecule has 4 saturated carbocycles. The predicted octanol–water partition coefficient (Wildman–Crippen LogP) is 3.23. The molecule has 4 bridgehead atoms. The van der Waals surface area contributed by atoms with Crippen LogP contribution in [0.5, 0.6) is 0 Å². The SMILES string of the molecule is Cc1cc(N(C)C2C3CC4CC(C3)CC2C4)ncc1N. The molecule has 0 amide bonds. The first-order chi connectivity index (χ1) is 9.61. The number of aromatic nitrogens is 1. The van der Waals surface area contributed by atoms with E-state index in [1.807, 2.05) is 6.20 Å². The van der Waals surface area contributed by atoms with Gasteiger partial charge in [-0.15, -0.1) is 0 Å². The molecule has 0 atom stereocenters. The molecule has 4 aliphatic rings. The molecule has 0 radical (unpaired) electrons. The fourth-order valence-corrected chi connectivity index (χ4v) is 5.43. The minimum absolute atomic E-state index is 0.707. The van der Waals surface area contributed by atoms with E-state index in [4.69, 9.17) is 5.73 Å². The second kappa shape index (κ2) is 4.37. The lowest BCUT2D eigenvalue weighted by molar-refractivity contribution is -0.00142. The summed E-state index contributed by atoms with van der Waals surface area (Å²) in [5.41, 5.74) is 7.84. The Hall–Kier alpha value is -1.25. The van der Waals surface area contributed by atoms with Crippen molar-refractivity contribution in [2.75, 3.05) is 17.7 Å². The zero-order valence-electron chi connectivity index (χ0n) is 12.5. The van der Waals surface area contributed by atoms with Crippen LogP contribution < -0.4 is 10.6 Å². The highest BCUT2D eigenvalue weighted by molar-refractivity contribution is 5.52. The quantitative estimate of drug-likeness (QED) is 0.898. The lowest BCUT2D eigenvalue weighted by Crippen LogP contribution is -2.55. The third-order valence-corrected chi connectivity index (χ3v) is 6.12. The van der Waals surface area contributed by atoms with Crippen LogP contribution in [-0.2, 0) is 0 Å². The molecule has 5 rings (SSSR count). The molecular formula is C17H25N3. The van der Waals surface area contributed by atoms with Gasteiger partial charge in [-0.3, -0.25) is 0 Å². The van der Waals surface area contributed by atoms with Crippen molar-refractivity contribution in [1.82, 2.24) is 4.98 Å². The molecule has 0 aromatic carbocycles. The first-order valence-corrected chi connectivity index (χ1v) is 8.06. The largest absolute Gasteiger partial charge is 0.397 e. The van der Waals surface area contributed by atoms with E-state index < -0.39 is 0 Å². The van der Waals surface area contributed by atoms with Gasteiger partial charge < -0.3 is 10.6 Å². The summed E-state index contributed by atoms with van der Waals surface area (Å²) in [6.07, 6.45) is 9.15. The van der Waals surface area contributed by atoms with Gasteiger partial charge in [-0.25, -0.2) is 4.98 Å². The summed E-state index contributed by atoms with van der Waals surface area (Å²) in [5, 5.41) is 0. The number of nitrogens with two attached hydrogens (primary N) is 1. The van der Waals surface area contributed by atoms with Gasteiger partial charge in [0.25, 0.3) is 0 Å². The summed E-state index contributed by atoms with van der Waals surface area (Å²) in [6.45, 7) is 2.07. The van der Waals surface area contributed by atoms with Crippen molar-refractivity contribution >= 4 is 11.5 Å². The summed E-state index contributed by atoms with van der Waals surface area (Å²) >= 11 is 0. The smallest absolute Gasteiger partial charge is 0.128 e. The number of anilines is 2. The highest BCUT2D eigenvalue weighted by Crippen LogP contribution is 2.55. The highest BCUT2D eigenvalue weighted by Gasteiger charge is 2.49. The fraction of sp³-hybridized carbons (Fsp3) is 0.706. The van der Waals surface area contributed by atoms with Gasteiger partial charge in [-0.2, -0.15) is 0 Å². The van der Waals surface area contributed by atoms with Crippen molar-refractivity contribution in [3.05, 3.63) is 17.8 Å². The number of nitrogens with zero attached hydrogens (tertiary/aromatic N) is 2. The third-order valence-electron chi connectivity index (χ3n) is 6.12.